The highest BCUT2D eigenvalue weighted by Crippen LogP contribution is 2.32. The molecule has 2 heterocycles. The van der Waals surface area contributed by atoms with Crippen molar-refractivity contribution in [3.63, 3.8) is 0 Å². The average Bonchev–Trinajstić information content (AvgIpc) is 3.17. The van der Waals surface area contributed by atoms with Gasteiger partial charge in [-0.1, -0.05) is 30.3 Å². The maximum absolute atomic E-state index is 13.4. The van der Waals surface area contributed by atoms with Crippen LogP contribution in [0.4, 0.5) is 5.69 Å². The van der Waals surface area contributed by atoms with Crippen molar-refractivity contribution < 1.29 is 27.4 Å². The van der Waals surface area contributed by atoms with Gasteiger partial charge in [-0.2, -0.15) is 0 Å². The Balaban J connectivity index is 1.27. The number of amides is 1. The third kappa shape index (κ3) is 8.61. The summed E-state index contributed by atoms with van der Waals surface area (Å²) in [4.78, 5) is 16.0. The minimum atomic E-state index is -3.55. The summed E-state index contributed by atoms with van der Waals surface area (Å²) in [6.45, 7) is 7.01. The molecule has 0 aliphatic carbocycles. The van der Waals surface area contributed by atoms with Gasteiger partial charge in [-0.3, -0.25) is 9.69 Å². The van der Waals surface area contributed by atoms with E-state index in [-0.39, 0.29) is 28.6 Å². The van der Waals surface area contributed by atoms with Crippen LogP contribution in [-0.2, 0) is 30.7 Å². The van der Waals surface area contributed by atoms with Crippen molar-refractivity contribution in [2.24, 2.45) is 0 Å². The maximum atomic E-state index is 13.4. The van der Waals surface area contributed by atoms with Gasteiger partial charge in [0.25, 0.3) is 5.91 Å². The second kappa shape index (κ2) is 14.3. The summed E-state index contributed by atoms with van der Waals surface area (Å²) in [5.41, 5.74) is 4.31. The molecule has 3 aromatic rings. The van der Waals surface area contributed by atoms with E-state index < -0.39 is 9.84 Å². The molecule has 3 aromatic carbocycles. The van der Waals surface area contributed by atoms with Crippen molar-refractivity contribution in [1.82, 2.24) is 4.90 Å². The number of hydrogen-bond acceptors (Lipinski definition) is 7. The molecule has 1 fully saturated rings. The van der Waals surface area contributed by atoms with Crippen LogP contribution >= 0.6 is 0 Å². The van der Waals surface area contributed by atoms with E-state index in [1.165, 1.54) is 0 Å². The Morgan fingerprint density at radius 1 is 1.00 bits per heavy atom. The molecule has 8 nitrogen and oxygen atoms in total. The number of hydrogen-bond donors (Lipinski definition) is 1. The molecule has 0 aromatic heterocycles. The fourth-order valence-electron chi connectivity index (χ4n) is 5.63. The average molecular weight is 633 g/mol. The second-order valence-corrected chi connectivity index (χ2v) is 14.6. The minimum Gasteiger partial charge on any atom is -0.493 e. The highest BCUT2D eigenvalue weighted by molar-refractivity contribution is 7.91. The lowest BCUT2D eigenvalue weighted by Crippen LogP contribution is -2.36. The highest BCUT2D eigenvalue weighted by atomic mass is 32.2. The number of nitrogens with zero attached hydrogens (tertiary/aromatic N) is 1. The van der Waals surface area contributed by atoms with Gasteiger partial charge in [0.1, 0.15) is 5.75 Å². The fraction of sp³-hybridized carbons (Fsp3) is 0.417. The molecule has 0 atom stereocenters. The number of fused-ring (bicyclic) bond motifs is 1. The smallest absolute Gasteiger partial charge is 0.251 e. The number of rotatable bonds is 11. The summed E-state index contributed by atoms with van der Waals surface area (Å²) in [6.07, 6.45) is 4.68. The molecule has 1 saturated heterocycles. The number of nitrogens with one attached hydrogen (secondary N) is 1. The molecule has 2 aliphatic rings. The van der Waals surface area contributed by atoms with Crippen LogP contribution < -0.4 is 10.1 Å². The minimum absolute atomic E-state index is 0.123. The molecule has 0 radical (unpaired) electrons. The van der Waals surface area contributed by atoms with Crippen LogP contribution in [0.5, 0.6) is 5.75 Å². The number of carbonyl (C=O) groups is 1. The molecule has 0 saturated carbocycles. The van der Waals surface area contributed by atoms with E-state index in [1.807, 2.05) is 74.5 Å². The zero-order valence-corrected chi connectivity index (χ0v) is 27.5. The Kier molecular flexibility index (Phi) is 10.4. The topological polar surface area (TPSA) is 94.2 Å². The normalized spacial score (nSPS) is 16.9. The van der Waals surface area contributed by atoms with Gasteiger partial charge >= 0.3 is 0 Å². The van der Waals surface area contributed by atoms with E-state index in [4.69, 9.17) is 14.2 Å². The van der Waals surface area contributed by atoms with Crippen molar-refractivity contribution in [1.29, 1.82) is 0 Å². The molecule has 0 unspecified atom stereocenters. The lowest BCUT2D eigenvalue weighted by Gasteiger charge is -2.31. The standard InChI is InChI=1S/C36H44N2O6S/c1-36(2,42-4)18-21-44-33-12-7-27(8-13-33)28-9-14-34-30(23-28)24-29(17-22-45(34,40)41)35(39)37-31-10-5-26(6-11-31)25-38(3)32-15-19-43-20-16-32/h5-14,23-24,32H,15-22,25H2,1-4H3,(H,37,39). The Morgan fingerprint density at radius 3 is 2.38 bits per heavy atom. The van der Waals surface area contributed by atoms with Gasteiger partial charge in [-0.15, -0.1) is 0 Å². The Labute approximate surface area is 267 Å². The molecule has 1 amide bonds. The highest BCUT2D eigenvalue weighted by Gasteiger charge is 2.25. The number of sulfone groups is 1. The summed E-state index contributed by atoms with van der Waals surface area (Å²) in [5, 5.41) is 2.97. The Hall–Kier alpha value is -3.50. The van der Waals surface area contributed by atoms with E-state index in [9.17, 15) is 13.2 Å². The summed E-state index contributed by atoms with van der Waals surface area (Å²) in [6, 6.07) is 21.4. The van der Waals surface area contributed by atoms with Gasteiger partial charge in [0.15, 0.2) is 9.84 Å². The summed E-state index contributed by atoms with van der Waals surface area (Å²) >= 11 is 0. The predicted molar refractivity (Wildman–Crippen MR) is 178 cm³/mol. The monoisotopic (exact) mass is 632 g/mol. The molecular weight excluding hydrogens is 588 g/mol. The maximum Gasteiger partial charge on any atom is 0.251 e. The largest absolute Gasteiger partial charge is 0.493 e. The van der Waals surface area contributed by atoms with Crippen LogP contribution in [0.25, 0.3) is 17.2 Å². The molecule has 45 heavy (non-hydrogen) atoms. The van der Waals surface area contributed by atoms with Crippen LogP contribution in [-0.4, -0.2) is 70.6 Å². The zero-order valence-electron chi connectivity index (χ0n) is 26.7. The van der Waals surface area contributed by atoms with Crippen LogP contribution in [0.1, 0.15) is 50.7 Å². The van der Waals surface area contributed by atoms with Crippen LogP contribution in [0.2, 0.25) is 0 Å². The van der Waals surface area contributed by atoms with Gasteiger partial charge in [-0.05, 0) is 105 Å². The molecule has 2 aliphatic heterocycles. The number of anilines is 1. The van der Waals surface area contributed by atoms with E-state index in [0.29, 0.717) is 29.5 Å². The van der Waals surface area contributed by atoms with Crippen molar-refractivity contribution >= 4 is 27.5 Å². The number of methoxy groups -OCH3 is 1. The zero-order chi connectivity index (χ0) is 32.0. The van der Waals surface area contributed by atoms with Gasteiger partial charge in [0, 0.05) is 50.6 Å². The molecule has 9 heteroatoms. The van der Waals surface area contributed by atoms with E-state index in [2.05, 4.69) is 17.3 Å². The predicted octanol–water partition coefficient (Wildman–Crippen LogP) is 6.36. The molecule has 240 valence electrons. The Bertz CT molecular complexity index is 1610. The summed E-state index contributed by atoms with van der Waals surface area (Å²) < 4.78 is 43.1. The van der Waals surface area contributed by atoms with Crippen LogP contribution in [0, 0.1) is 0 Å². The van der Waals surface area contributed by atoms with Crippen molar-refractivity contribution in [2.45, 2.75) is 62.6 Å². The number of benzene rings is 3. The van der Waals surface area contributed by atoms with E-state index in [0.717, 1.165) is 61.5 Å². The van der Waals surface area contributed by atoms with Crippen LogP contribution in [0.3, 0.4) is 0 Å². The fourth-order valence-corrected chi connectivity index (χ4v) is 7.09. The molecule has 0 spiro atoms. The third-order valence-electron chi connectivity index (χ3n) is 8.78. The number of ether oxygens (including phenoxy) is 3. The number of carbonyl (C=O) groups excluding carboxylic acids is 1. The van der Waals surface area contributed by atoms with Gasteiger partial charge in [0.2, 0.25) is 0 Å². The van der Waals surface area contributed by atoms with E-state index >= 15 is 0 Å². The third-order valence-corrected chi connectivity index (χ3v) is 10.6. The first-order chi connectivity index (χ1) is 21.5. The first kappa shape index (κ1) is 32.9. The van der Waals surface area contributed by atoms with Crippen LogP contribution in [0.15, 0.2) is 77.2 Å². The first-order valence-corrected chi connectivity index (χ1v) is 17.2. The van der Waals surface area contributed by atoms with Crippen molar-refractivity contribution in [3.05, 3.63) is 83.4 Å². The summed E-state index contributed by atoms with van der Waals surface area (Å²) in [5.74, 6) is 0.331. The first-order valence-electron chi connectivity index (χ1n) is 15.6. The lowest BCUT2D eigenvalue weighted by molar-refractivity contribution is -0.112. The van der Waals surface area contributed by atoms with E-state index in [1.54, 1.807) is 19.3 Å². The lowest BCUT2D eigenvalue weighted by atomic mass is 10.0. The second-order valence-electron chi connectivity index (χ2n) is 12.5. The molecule has 5 rings (SSSR count). The molecule has 1 N–H and O–H groups in total. The van der Waals surface area contributed by atoms with Crippen molar-refractivity contribution in [3.8, 4) is 16.9 Å². The van der Waals surface area contributed by atoms with Crippen molar-refractivity contribution in [2.75, 3.05) is 45.0 Å². The molecular formula is C36H44N2O6S. The Morgan fingerprint density at radius 2 is 1.69 bits per heavy atom. The SMILES string of the molecule is COC(C)(C)CCOc1ccc(-c2ccc3c(c2)C=C(C(=O)Nc2ccc(CN(C)C4CCOCC4)cc2)CCS3(=O)=O)cc1. The summed E-state index contributed by atoms with van der Waals surface area (Å²) in [7, 11) is 0.279. The van der Waals surface area contributed by atoms with Gasteiger partial charge in [-0.25, -0.2) is 8.42 Å². The quantitative estimate of drug-likeness (QED) is 0.263. The molecule has 0 bridgehead atoms. The van der Waals surface area contributed by atoms with Gasteiger partial charge < -0.3 is 19.5 Å². The van der Waals surface area contributed by atoms with Gasteiger partial charge in [0.05, 0.1) is 22.9 Å².